The molecule has 1 rings (SSSR count). The predicted molar refractivity (Wildman–Crippen MR) is 84.0 cm³/mol. The first-order valence-electron chi connectivity index (χ1n) is 7.22. The second-order valence-corrected chi connectivity index (χ2v) is 5.14. The van der Waals surface area contributed by atoms with Crippen LogP contribution in [0.25, 0.3) is 0 Å². The van der Waals surface area contributed by atoms with E-state index in [1.807, 2.05) is 18.2 Å². The Bertz CT molecular complexity index is 394. The van der Waals surface area contributed by atoms with Gasteiger partial charge in [0.15, 0.2) is 0 Å². The fourth-order valence-electron chi connectivity index (χ4n) is 2.42. The molecule has 3 N–H and O–H groups in total. The molecular weight excluding hydrogens is 250 g/mol. The average molecular weight is 277 g/mol. The Balaban J connectivity index is 3.00. The smallest absolute Gasteiger partial charge is 0.0924 e. The van der Waals surface area contributed by atoms with Crippen LogP contribution in [0.15, 0.2) is 30.3 Å². The topological polar surface area (TPSA) is 62.3 Å². The van der Waals surface area contributed by atoms with E-state index in [-0.39, 0.29) is 11.9 Å². The van der Waals surface area contributed by atoms with Gasteiger partial charge in [-0.15, -0.1) is 0 Å². The molecule has 0 radical (unpaired) electrons. The highest BCUT2D eigenvalue weighted by Crippen LogP contribution is 2.27. The van der Waals surface area contributed by atoms with Crippen molar-refractivity contribution in [1.82, 2.24) is 4.90 Å². The zero-order valence-electron chi connectivity index (χ0n) is 12.8. The molecule has 0 bridgehead atoms. The summed E-state index contributed by atoms with van der Waals surface area (Å²) < 4.78 is 5.23. The SMILES string of the molecule is CCC(C)N(CCOC)C(CC(=N)N)c1ccccc1. The molecular formula is C16H27N3O. The second-order valence-electron chi connectivity index (χ2n) is 5.14. The van der Waals surface area contributed by atoms with Crippen LogP contribution in [0.1, 0.15) is 38.3 Å². The predicted octanol–water partition coefficient (Wildman–Crippen LogP) is 2.80. The van der Waals surface area contributed by atoms with Crippen LogP contribution in [0, 0.1) is 5.41 Å². The van der Waals surface area contributed by atoms with Gasteiger partial charge < -0.3 is 10.5 Å². The summed E-state index contributed by atoms with van der Waals surface area (Å²) in [5, 5.41) is 7.66. The van der Waals surface area contributed by atoms with E-state index in [1.54, 1.807) is 7.11 Å². The van der Waals surface area contributed by atoms with E-state index < -0.39 is 0 Å². The highest BCUT2D eigenvalue weighted by molar-refractivity contribution is 5.77. The third kappa shape index (κ3) is 4.94. The maximum absolute atomic E-state index is 7.66. The zero-order valence-corrected chi connectivity index (χ0v) is 12.8. The molecule has 0 aliphatic carbocycles. The van der Waals surface area contributed by atoms with Crippen molar-refractivity contribution in [3.05, 3.63) is 35.9 Å². The monoisotopic (exact) mass is 277 g/mol. The van der Waals surface area contributed by atoms with Crippen molar-refractivity contribution in [2.24, 2.45) is 5.73 Å². The first-order chi connectivity index (χ1) is 9.60. The van der Waals surface area contributed by atoms with Gasteiger partial charge in [-0.3, -0.25) is 10.3 Å². The number of methoxy groups -OCH3 is 1. The Labute approximate surface area is 122 Å². The van der Waals surface area contributed by atoms with Gasteiger partial charge >= 0.3 is 0 Å². The molecule has 1 aromatic rings. The van der Waals surface area contributed by atoms with Crippen LogP contribution < -0.4 is 5.73 Å². The maximum atomic E-state index is 7.66. The van der Waals surface area contributed by atoms with Crippen molar-refractivity contribution < 1.29 is 4.74 Å². The Hall–Kier alpha value is -1.39. The largest absolute Gasteiger partial charge is 0.388 e. The van der Waals surface area contributed by atoms with E-state index in [2.05, 4.69) is 30.9 Å². The number of hydrogen-bond donors (Lipinski definition) is 2. The van der Waals surface area contributed by atoms with E-state index in [9.17, 15) is 0 Å². The van der Waals surface area contributed by atoms with E-state index in [4.69, 9.17) is 15.9 Å². The summed E-state index contributed by atoms with van der Waals surface area (Å²) in [6.45, 7) is 5.93. The molecule has 112 valence electrons. The number of ether oxygens (including phenoxy) is 1. The van der Waals surface area contributed by atoms with Crippen LogP contribution in [0.2, 0.25) is 0 Å². The van der Waals surface area contributed by atoms with Crippen molar-refractivity contribution in [3.63, 3.8) is 0 Å². The lowest BCUT2D eigenvalue weighted by Crippen LogP contribution is -2.40. The number of nitrogens with zero attached hydrogens (tertiary/aromatic N) is 1. The highest BCUT2D eigenvalue weighted by atomic mass is 16.5. The van der Waals surface area contributed by atoms with E-state index >= 15 is 0 Å². The molecule has 0 amide bonds. The molecule has 0 aliphatic rings. The normalized spacial score (nSPS) is 14.2. The van der Waals surface area contributed by atoms with Crippen LogP contribution in [-0.4, -0.2) is 37.0 Å². The summed E-state index contributed by atoms with van der Waals surface area (Å²) in [5.74, 6) is 0.226. The summed E-state index contributed by atoms with van der Waals surface area (Å²) in [4.78, 5) is 2.39. The maximum Gasteiger partial charge on any atom is 0.0924 e. The molecule has 2 atom stereocenters. The van der Waals surface area contributed by atoms with Gasteiger partial charge in [0, 0.05) is 32.2 Å². The van der Waals surface area contributed by atoms with Gasteiger partial charge in [-0.25, -0.2) is 0 Å². The van der Waals surface area contributed by atoms with E-state index in [0.29, 0.717) is 19.1 Å². The second kappa shape index (κ2) is 8.72. The van der Waals surface area contributed by atoms with Crippen LogP contribution in [0.4, 0.5) is 0 Å². The molecule has 0 heterocycles. The standard InChI is InChI=1S/C16H27N3O/c1-4-13(2)19(10-11-20-3)15(12-16(17)18)14-8-6-5-7-9-14/h5-9,13,15H,4,10-12H2,1-3H3,(H3,17,18). The number of nitrogens with one attached hydrogen (secondary N) is 1. The Morgan fingerprint density at radius 2 is 2.00 bits per heavy atom. The molecule has 0 saturated carbocycles. The number of amidine groups is 1. The number of hydrogen-bond acceptors (Lipinski definition) is 3. The molecule has 0 spiro atoms. The first kappa shape index (κ1) is 16.7. The van der Waals surface area contributed by atoms with Gasteiger partial charge in [-0.2, -0.15) is 0 Å². The van der Waals surface area contributed by atoms with Crippen molar-refractivity contribution in [1.29, 1.82) is 5.41 Å². The molecule has 1 aromatic carbocycles. The van der Waals surface area contributed by atoms with Gasteiger partial charge in [0.2, 0.25) is 0 Å². The minimum Gasteiger partial charge on any atom is -0.388 e. The molecule has 4 nitrogen and oxygen atoms in total. The number of nitrogens with two attached hydrogens (primary N) is 1. The third-order valence-corrected chi connectivity index (χ3v) is 3.71. The van der Waals surface area contributed by atoms with Crippen LogP contribution >= 0.6 is 0 Å². The lowest BCUT2D eigenvalue weighted by atomic mass is 9.99. The zero-order chi connectivity index (χ0) is 15.0. The fourth-order valence-corrected chi connectivity index (χ4v) is 2.42. The van der Waals surface area contributed by atoms with Gasteiger partial charge in [0.05, 0.1) is 12.4 Å². The highest BCUT2D eigenvalue weighted by Gasteiger charge is 2.24. The third-order valence-electron chi connectivity index (χ3n) is 3.71. The van der Waals surface area contributed by atoms with Gasteiger partial charge in [0.25, 0.3) is 0 Å². The Morgan fingerprint density at radius 1 is 1.35 bits per heavy atom. The number of rotatable bonds is 9. The summed E-state index contributed by atoms with van der Waals surface area (Å²) in [6, 6.07) is 10.9. The number of benzene rings is 1. The Kier molecular flexibility index (Phi) is 7.26. The van der Waals surface area contributed by atoms with Crippen LogP contribution in [0.3, 0.4) is 0 Å². The minimum atomic E-state index is 0.138. The van der Waals surface area contributed by atoms with Gasteiger partial charge in [-0.05, 0) is 18.9 Å². The van der Waals surface area contributed by atoms with Crippen molar-refractivity contribution in [2.45, 2.75) is 38.8 Å². The van der Waals surface area contributed by atoms with Crippen molar-refractivity contribution in [2.75, 3.05) is 20.3 Å². The lowest BCUT2D eigenvalue weighted by Gasteiger charge is -2.36. The van der Waals surface area contributed by atoms with Gasteiger partial charge in [-0.1, -0.05) is 37.3 Å². The van der Waals surface area contributed by atoms with Crippen molar-refractivity contribution in [3.8, 4) is 0 Å². The molecule has 0 aliphatic heterocycles. The quantitative estimate of drug-likeness (QED) is 0.539. The van der Waals surface area contributed by atoms with E-state index in [0.717, 1.165) is 13.0 Å². The first-order valence-corrected chi connectivity index (χ1v) is 7.22. The summed E-state index contributed by atoms with van der Waals surface area (Å²) in [7, 11) is 1.72. The fraction of sp³-hybridized carbons (Fsp3) is 0.562. The summed E-state index contributed by atoms with van der Waals surface area (Å²) in [6.07, 6.45) is 1.61. The molecule has 0 fully saturated rings. The molecule has 4 heteroatoms. The Morgan fingerprint density at radius 3 is 2.50 bits per heavy atom. The van der Waals surface area contributed by atoms with Crippen LogP contribution in [-0.2, 0) is 4.74 Å². The lowest BCUT2D eigenvalue weighted by molar-refractivity contribution is 0.0896. The molecule has 20 heavy (non-hydrogen) atoms. The molecule has 0 aromatic heterocycles. The summed E-state index contributed by atoms with van der Waals surface area (Å²) in [5.41, 5.74) is 6.87. The van der Waals surface area contributed by atoms with E-state index in [1.165, 1.54) is 5.56 Å². The van der Waals surface area contributed by atoms with Crippen molar-refractivity contribution >= 4 is 5.84 Å². The van der Waals surface area contributed by atoms with Gasteiger partial charge in [0.1, 0.15) is 0 Å². The minimum absolute atomic E-state index is 0.138. The summed E-state index contributed by atoms with van der Waals surface area (Å²) >= 11 is 0. The molecule has 0 saturated heterocycles. The molecule has 2 unspecified atom stereocenters. The average Bonchev–Trinajstić information content (AvgIpc) is 2.46. The van der Waals surface area contributed by atoms with Crippen LogP contribution in [0.5, 0.6) is 0 Å².